The van der Waals surface area contributed by atoms with Crippen molar-refractivity contribution >= 4 is 62.4 Å². The van der Waals surface area contributed by atoms with E-state index in [1.807, 2.05) is 32.9 Å². The van der Waals surface area contributed by atoms with Gasteiger partial charge in [-0.15, -0.1) is 0 Å². The van der Waals surface area contributed by atoms with Gasteiger partial charge in [-0.05, 0) is 105 Å². The Morgan fingerprint density at radius 3 is 2.56 bits per heavy atom. The summed E-state index contributed by atoms with van der Waals surface area (Å²) in [5.74, 6) is -1.75. The van der Waals surface area contributed by atoms with Crippen LogP contribution in [0.4, 0.5) is 4.79 Å². The fourth-order valence-corrected chi connectivity index (χ4v) is 11.7. The minimum absolute atomic E-state index is 0.0695. The van der Waals surface area contributed by atoms with E-state index in [0.29, 0.717) is 82.3 Å². The van der Waals surface area contributed by atoms with Gasteiger partial charge in [-0.3, -0.25) is 29.2 Å². The number of nitrogens with zero attached hydrogens (tertiary/aromatic N) is 8. The maximum atomic E-state index is 14.8. The quantitative estimate of drug-likeness (QED) is 0.129. The van der Waals surface area contributed by atoms with Crippen molar-refractivity contribution in [2.45, 2.75) is 116 Å². The van der Waals surface area contributed by atoms with Crippen molar-refractivity contribution in [1.82, 2.24) is 49.4 Å². The first kappa shape index (κ1) is 51.8. The van der Waals surface area contributed by atoms with Gasteiger partial charge in [0.05, 0.1) is 53.1 Å². The normalized spacial score (nSPS) is 22.5. The van der Waals surface area contributed by atoms with E-state index in [1.54, 1.807) is 30.2 Å². The van der Waals surface area contributed by atoms with Crippen LogP contribution in [-0.2, 0) is 52.8 Å². The van der Waals surface area contributed by atoms with Gasteiger partial charge in [0.1, 0.15) is 28.1 Å². The number of cyclic esters (lactones) is 1. The van der Waals surface area contributed by atoms with Gasteiger partial charge < -0.3 is 38.8 Å². The Morgan fingerprint density at radius 2 is 1.86 bits per heavy atom. The number of piperidine rings is 1. The van der Waals surface area contributed by atoms with Gasteiger partial charge in [-0.1, -0.05) is 34.3 Å². The van der Waals surface area contributed by atoms with E-state index in [1.165, 1.54) is 27.5 Å². The molecule has 4 aliphatic heterocycles. The number of morpholine rings is 1. The van der Waals surface area contributed by atoms with Gasteiger partial charge in [0, 0.05) is 86.9 Å². The van der Waals surface area contributed by atoms with Gasteiger partial charge in [0.25, 0.3) is 5.91 Å². The molecule has 4 aliphatic rings. The van der Waals surface area contributed by atoms with Crippen LogP contribution in [0.1, 0.15) is 90.4 Å². The summed E-state index contributed by atoms with van der Waals surface area (Å²) in [5, 5.41) is 4.57. The Balaban J connectivity index is 1.12. The van der Waals surface area contributed by atoms with Crippen LogP contribution in [0.3, 0.4) is 0 Å². The molecule has 4 aromatic rings. The second-order valence-electron chi connectivity index (χ2n) is 20.5. The average molecular weight is 1010 g/mol. The van der Waals surface area contributed by atoms with Gasteiger partial charge in [0.15, 0.2) is 0 Å². The molecule has 1 aromatic carbocycles. The number of nitrogens with one attached hydrogen (secondary N) is 2. The molecule has 2 N–H and O–H groups in total. The predicted molar refractivity (Wildman–Crippen MR) is 270 cm³/mol. The molecule has 3 radical (unpaired) electrons. The van der Waals surface area contributed by atoms with Crippen molar-refractivity contribution < 1.29 is 38.2 Å². The van der Waals surface area contributed by atoms with Crippen LogP contribution in [0.25, 0.3) is 32.7 Å². The van der Waals surface area contributed by atoms with Crippen LogP contribution in [0.15, 0.2) is 49.2 Å². The highest BCUT2D eigenvalue weighted by molar-refractivity contribution is 7.09. The summed E-state index contributed by atoms with van der Waals surface area (Å²) in [6.07, 6.45) is 5.11. The van der Waals surface area contributed by atoms with Crippen molar-refractivity contribution in [3.05, 3.63) is 66.3 Å². The number of hydrogen-bond donors (Lipinski definition) is 2. The summed E-state index contributed by atoms with van der Waals surface area (Å²) in [7, 11) is 7.00. The zero-order valence-corrected chi connectivity index (χ0v) is 44.0. The van der Waals surface area contributed by atoms with Crippen LogP contribution in [-0.4, -0.2) is 162 Å². The molecule has 3 aromatic heterocycles. The SMILES string of the molecule is C=CC(=O)N1CCOC2(CCN(C(=O)N(C)[C@H](C(=O)N[C@H]3Cc4nsc(n4)-c4ccc5c(c4)c(c(-c4cccnc4[C@H](C)OC)n5CC)CC(C)(C)COC(=O)[C@@]4([Si])CCCN(N4)C3=O)C(C)C)CC2)C1. The summed E-state index contributed by atoms with van der Waals surface area (Å²) < 4.78 is 25.3. The van der Waals surface area contributed by atoms with Crippen LogP contribution in [0.5, 0.6) is 0 Å². The largest absolute Gasteiger partial charge is 0.464 e. The fraction of sp³-hybridized carbons (Fsp3) is 0.569. The Hall–Kier alpha value is -5.54. The highest BCUT2D eigenvalue weighted by Gasteiger charge is 2.46. The van der Waals surface area contributed by atoms with Gasteiger partial charge in [0.2, 0.25) is 11.8 Å². The second-order valence-corrected chi connectivity index (χ2v) is 22.1. The molecular formula is C51H67N10O8SSi. The molecule has 0 aliphatic carbocycles. The molecule has 379 valence electrons. The number of likely N-dealkylation sites (N-methyl/N-ethyl adjacent to an activating group) is 1. The number of methoxy groups -OCH3 is 1. The van der Waals surface area contributed by atoms with E-state index < -0.39 is 46.0 Å². The van der Waals surface area contributed by atoms with Crippen LogP contribution >= 0.6 is 11.5 Å². The number of carbonyl (C=O) groups excluding carboxylic acids is 5. The van der Waals surface area contributed by atoms with Gasteiger partial charge in [-0.25, -0.2) is 15.2 Å². The Labute approximate surface area is 423 Å². The lowest BCUT2D eigenvalue weighted by molar-refractivity contribution is -0.158. The molecule has 3 saturated heterocycles. The number of pyridine rings is 1. The van der Waals surface area contributed by atoms with E-state index >= 15 is 0 Å². The first-order valence-corrected chi connectivity index (χ1v) is 25.9. The highest BCUT2D eigenvalue weighted by Crippen LogP contribution is 2.42. The molecule has 6 bridgehead atoms. The van der Waals surface area contributed by atoms with Crippen LogP contribution in [0.2, 0.25) is 0 Å². The summed E-state index contributed by atoms with van der Waals surface area (Å²) in [4.78, 5) is 85.0. The topological polar surface area (TPSA) is 194 Å². The monoisotopic (exact) mass is 1010 g/mol. The lowest BCUT2D eigenvalue weighted by Gasteiger charge is -2.47. The lowest BCUT2D eigenvalue weighted by Crippen LogP contribution is -2.68. The number of likely N-dealkylation sites (tertiary alicyclic amines) is 1. The number of benzene rings is 1. The lowest BCUT2D eigenvalue weighted by atomic mass is 9.84. The number of aromatic nitrogens is 4. The first-order valence-electron chi connectivity index (χ1n) is 24.7. The molecule has 1 spiro atoms. The van der Waals surface area contributed by atoms with E-state index in [-0.39, 0.29) is 43.5 Å². The number of fused-ring (bicyclic) bond motifs is 6. The van der Waals surface area contributed by atoms with Crippen molar-refractivity contribution in [1.29, 1.82) is 0 Å². The fourth-order valence-electron chi connectivity index (χ4n) is 10.6. The van der Waals surface area contributed by atoms with Crippen molar-refractivity contribution in [2.24, 2.45) is 11.3 Å². The Kier molecular flexibility index (Phi) is 15.2. The smallest absolute Gasteiger partial charge is 0.323 e. The summed E-state index contributed by atoms with van der Waals surface area (Å²) in [6, 6.07) is 7.78. The molecular weight excluding hydrogens is 941 g/mol. The van der Waals surface area contributed by atoms with Gasteiger partial charge >= 0.3 is 12.0 Å². The van der Waals surface area contributed by atoms with E-state index in [2.05, 4.69) is 71.1 Å². The zero-order chi connectivity index (χ0) is 51.0. The number of hydrazine groups is 1. The third-order valence-electron chi connectivity index (χ3n) is 14.5. The second kappa shape index (κ2) is 20.9. The minimum atomic E-state index is -1.45. The molecule has 8 rings (SSSR count). The first-order chi connectivity index (χ1) is 33.8. The number of hydrogen-bond acceptors (Lipinski definition) is 13. The molecule has 0 unspecified atom stereocenters. The predicted octanol–water partition coefficient (Wildman–Crippen LogP) is 5.05. The third-order valence-corrected chi connectivity index (χ3v) is 15.8. The number of urea groups is 1. The molecule has 18 nitrogen and oxygen atoms in total. The number of aryl methyl sites for hydroxylation is 1. The van der Waals surface area contributed by atoms with Crippen molar-refractivity contribution in [3.63, 3.8) is 0 Å². The van der Waals surface area contributed by atoms with Gasteiger partial charge in [-0.2, -0.15) is 4.37 Å². The third kappa shape index (κ3) is 10.5. The van der Waals surface area contributed by atoms with Crippen LogP contribution < -0.4 is 10.7 Å². The standard InChI is InChI=1S/C51H67N10O8SSi/c1-10-40(62)59-24-25-69-50(29-59)18-22-58(23-19-50)48(66)57(8)42(31(3)4)44(63)53-37-27-39-54-45(70-55-39)33-15-16-38-35(26-33)36(43(60(38)11-2)34-14-12-20-52-41(34)32(5)67-9)28-49(6,7)30-68-47(65)51(71)17-13-21-61(56-51)46(37)64/h10,12,14-16,20,26,31-32,37,42,56H,1,11,13,17-19,21-25,27-30H2,2-9H3,(H,53,63)/t32-,37-,42-,51-/m0/s1. The Bertz CT molecular complexity index is 2680. The average Bonchev–Trinajstić information content (AvgIpc) is 3.95. The molecule has 7 heterocycles. The molecule has 4 atom stereocenters. The van der Waals surface area contributed by atoms with E-state index in [4.69, 9.17) is 28.6 Å². The summed E-state index contributed by atoms with van der Waals surface area (Å²) >= 11 is 1.21. The number of amides is 5. The van der Waals surface area contributed by atoms with Crippen molar-refractivity contribution in [2.75, 3.05) is 60.1 Å². The maximum absolute atomic E-state index is 14.8. The molecule has 3 fully saturated rings. The van der Waals surface area contributed by atoms with Crippen molar-refractivity contribution in [3.8, 4) is 21.8 Å². The number of carbonyl (C=O) groups is 5. The number of rotatable bonds is 9. The highest BCUT2D eigenvalue weighted by atomic mass is 32.1. The van der Waals surface area contributed by atoms with Crippen LogP contribution in [0, 0.1) is 11.3 Å². The molecule has 0 saturated carbocycles. The minimum Gasteiger partial charge on any atom is -0.464 e. The Morgan fingerprint density at radius 1 is 1.10 bits per heavy atom. The number of esters is 1. The summed E-state index contributed by atoms with van der Waals surface area (Å²) in [6.45, 7) is 18.6. The molecule has 5 amide bonds. The molecule has 71 heavy (non-hydrogen) atoms. The zero-order valence-electron chi connectivity index (χ0n) is 42.2. The maximum Gasteiger partial charge on any atom is 0.323 e. The number of ether oxygens (including phenoxy) is 3. The summed E-state index contributed by atoms with van der Waals surface area (Å²) in [5.41, 5.74) is 7.68. The van der Waals surface area contributed by atoms with E-state index in [0.717, 1.165) is 39.0 Å². The molecule has 20 heteroatoms. The van der Waals surface area contributed by atoms with E-state index in [9.17, 15) is 24.0 Å².